The third-order valence-electron chi connectivity index (χ3n) is 3.93. The van der Waals surface area contributed by atoms with Gasteiger partial charge in [0, 0.05) is 32.7 Å². The fourth-order valence-corrected chi connectivity index (χ4v) is 2.49. The third-order valence-corrected chi connectivity index (χ3v) is 3.93. The second-order valence-corrected chi connectivity index (χ2v) is 6.51. The minimum absolute atomic E-state index is 0.141. The summed E-state index contributed by atoms with van der Waals surface area (Å²) in [5.74, 6) is 0.0494. The Kier molecular flexibility index (Phi) is 10.1. The number of nitrogens with one attached hydrogen (secondary N) is 1. The minimum atomic E-state index is -0.786. The lowest BCUT2D eigenvalue weighted by Crippen LogP contribution is -2.35. The van der Waals surface area contributed by atoms with E-state index < -0.39 is 12.1 Å². The molecular formula is C19H31NO5. The highest BCUT2D eigenvalue weighted by atomic mass is 16.5. The maximum absolute atomic E-state index is 10.8. The van der Waals surface area contributed by atoms with Crippen molar-refractivity contribution in [2.45, 2.75) is 51.2 Å². The maximum atomic E-state index is 10.8. The zero-order valence-corrected chi connectivity index (χ0v) is 15.4. The van der Waals surface area contributed by atoms with Gasteiger partial charge in [0.25, 0.3) is 0 Å². The van der Waals surface area contributed by atoms with Crippen LogP contribution in [0.4, 0.5) is 0 Å². The van der Waals surface area contributed by atoms with Crippen LogP contribution in [0.25, 0.3) is 0 Å². The predicted molar refractivity (Wildman–Crippen MR) is 97.2 cm³/mol. The number of benzene rings is 1. The summed E-state index contributed by atoms with van der Waals surface area (Å²) < 4.78 is 10.7. The van der Waals surface area contributed by atoms with E-state index in [1.165, 1.54) is 0 Å². The molecule has 0 aromatic heterocycles. The highest BCUT2D eigenvalue weighted by Gasteiger charge is 2.14. The van der Waals surface area contributed by atoms with Gasteiger partial charge in [0.05, 0.1) is 0 Å². The number of carboxylic acids is 1. The molecule has 25 heavy (non-hydrogen) atoms. The molecule has 2 atom stereocenters. The summed E-state index contributed by atoms with van der Waals surface area (Å²) >= 11 is 0. The first-order valence-electron chi connectivity index (χ1n) is 8.77. The number of aliphatic carboxylic acids is 1. The number of aliphatic hydroxyl groups is 1. The van der Waals surface area contributed by atoms with E-state index in [9.17, 15) is 9.90 Å². The Morgan fingerprint density at radius 1 is 1.20 bits per heavy atom. The Labute approximate surface area is 150 Å². The van der Waals surface area contributed by atoms with Gasteiger partial charge in [-0.15, -0.1) is 0 Å². The molecule has 0 aliphatic rings. The Balaban J connectivity index is 2.54. The topological polar surface area (TPSA) is 88.0 Å². The van der Waals surface area contributed by atoms with Crippen LogP contribution in [0, 0.1) is 0 Å². The van der Waals surface area contributed by atoms with Crippen LogP contribution < -0.4 is 10.1 Å². The molecule has 0 bridgehead atoms. The number of rotatable bonds is 13. The molecule has 6 nitrogen and oxygen atoms in total. The van der Waals surface area contributed by atoms with E-state index in [0.29, 0.717) is 31.4 Å². The van der Waals surface area contributed by atoms with E-state index in [2.05, 4.69) is 5.32 Å². The molecule has 142 valence electrons. The van der Waals surface area contributed by atoms with Crippen molar-refractivity contribution in [3.63, 3.8) is 0 Å². The van der Waals surface area contributed by atoms with Crippen molar-refractivity contribution in [1.82, 2.24) is 5.32 Å². The first-order valence-corrected chi connectivity index (χ1v) is 8.77. The lowest BCUT2D eigenvalue weighted by Gasteiger charge is -2.18. The molecule has 1 rings (SSSR count). The van der Waals surface area contributed by atoms with Crippen molar-refractivity contribution in [3.8, 4) is 5.75 Å². The summed E-state index contributed by atoms with van der Waals surface area (Å²) in [7, 11) is 1.64. The van der Waals surface area contributed by atoms with Gasteiger partial charge in [-0.05, 0) is 36.5 Å². The number of hydrogen-bond acceptors (Lipinski definition) is 5. The molecule has 0 aliphatic carbocycles. The lowest BCUT2D eigenvalue weighted by molar-refractivity contribution is -0.137. The third kappa shape index (κ3) is 9.43. The van der Waals surface area contributed by atoms with Crippen LogP contribution >= 0.6 is 0 Å². The Morgan fingerprint density at radius 3 is 2.44 bits per heavy atom. The number of carbonyl (C=O) groups is 1. The van der Waals surface area contributed by atoms with E-state index in [1.807, 2.05) is 38.1 Å². The summed E-state index contributed by atoms with van der Waals surface area (Å²) in [6.07, 6.45) is 0.941. The van der Waals surface area contributed by atoms with Crippen LogP contribution in [-0.4, -0.2) is 55.2 Å². The molecular weight excluding hydrogens is 322 g/mol. The second-order valence-electron chi connectivity index (χ2n) is 6.51. The summed E-state index contributed by atoms with van der Waals surface area (Å²) in [6, 6.07) is 7.95. The van der Waals surface area contributed by atoms with Gasteiger partial charge in [-0.3, -0.25) is 4.79 Å². The quantitative estimate of drug-likeness (QED) is 0.505. The van der Waals surface area contributed by atoms with Gasteiger partial charge in [0.2, 0.25) is 0 Å². The zero-order valence-electron chi connectivity index (χ0n) is 15.4. The molecule has 0 aliphatic heterocycles. The molecule has 0 amide bonds. The summed E-state index contributed by atoms with van der Waals surface area (Å²) in [5.41, 5.74) is 1.08. The SMILES string of the molecule is COCCC(CCC(=O)O)c1ccc(OCC(O)CNC(C)C)cc1. The number of aliphatic hydroxyl groups excluding tert-OH is 1. The monoisotopic (exact) mass is 353 g/mol. The largest absolute Gasteiger partial charge is 0.491 e. The van der Waals surface area contributed by atoms with Crippen molar-refractivity contribution >= 4 is 5.97 Å². The van der Waals surface area contributed by atoms with Crippen molar-refractivity contribution in [2.75, 3.05) is 26.9 Å². The van der Waals surface area contributed by atoms with E-state index >= 15 is 0 Å². The van der Waals surface area contributed by atoms with Crippen molar-refractivity contribution in [3.05, 3.63) is 29.8 Å². The molecule has 1 aromatic carbocycles. The van der Waals surface area contributed by atoms with Crippen molar-refractivity contribution < 1.29 is 24.5 Å². The number of hydrogen-bond donors (Lipinski definition) is 3. The van der Waals surface area contributed by atoms with Gasteiger partial charge in [0.1, 0.15) is 18.5 Å². The highest BCUT2D eigenvalue weighted by molar-refractivity contribution is 5.66. The number of ether oxygens (including phenoxy) is 2. The van der Waals surface area contributed by atoms with Gasteiger partial charge >= 0.3 is 5.97 Å². The van der Waals surface area contributed by atoms with Crippen LogP contribution in [0.3, 0.4) is 0 Å². The molecule has 1 aromatic rings. The molecule has 0 saturated carbocycles. The normalized spacial score (nSPS) is 13.6. The second kappa shape index (κ2) is 11.8. The smallest absolute Gasteiger partial charge is 0.303 e. The minimum Gasteiger partial charge on any atom is -0.491 e. The maximum Gasteiger partial charge on any atom is 0.303 e. The predicted octanol–water partition coefficient (Wildman–Crippen LogP) is 2.41. The van der Waals surface area contributed by atoms with E-state index in [4.69, 9.17) is 14.6 Å². The molecule has 0 spiro atoms. The zero-order chi connectivity index (χ0) is 18.7. The van der Waals surface area contributed by atoms with E-state index in [-0.39, 0.29) is 18.9 Å². The van der Waals surface area contributed by atoms with Crippen molar-refractivity contribution in [2.24, 2.45) is 0 Å². The number of methoxy groups -OCH3 is 1. The first-order chi connectivity index (χ1) is 11.9. The van der Waals surface area contributed by atoms with Crippen LogP contribution in [-0.2, 0) is 9.53 Å². The molecule has 0 fully saturated rings. The molecule has 6 heteroatoms. The Morgan fingerprint density at radius 2 is 1.88 bits per heavy atom. The fourth-order valence-electron chi connectivity index (χ4n) is 2.49. The summed E-state index contributed by atoms with van der Waals surface area (Å²) in [5, 5.41) is 21.9. The highest BCUT2D eigenvalue weighted by Crippen LogP contribution is 2.27. The molecule has 0 saturated heterocycles. The Hall–Kier alpha value is -1.63. The van der Waals surface area contributed by atoms with Gasteiger partial charge < -0.3 is 25.0 Å². The molecule has 3 N–H and O–H groups in total. The molecule has 0 radical (unpaired) electrons. The molecule has 0 heterocycles. The number of carboxylic acid groups (broad SMARTS) is 1. The summed E-state index contributed by atoms with van der Waals surface area (Å²) in [6.45, 7) is 5.36. The first kappa shape index (κ1) is 21.4. The van der Waals surface area contributed by atoms with Crippen LogP contribution in [0.5, 0.6) is 5.75 Å². The molecule has 2 unspecified atom stereocenters. The van der Waals surface area contributed by atoms with Gasteiger partial charge in [-0.25, -0.2) is 0 Å². The Bertz CT molecular complexity index is 489. The fraction of sp³-hybridized carbons (Fsp3) is 0.632. The average molecular weight is 353 g/mol. The van der Waals surface area contributed by atoms with Crippen LogP contribution in [0.15, 0.2) is 24.3 Å². The van der Waals surface area contributed by atoms with E-state index in [0.717, 1.165) is 12.0 Å². The van der Waals surface area contributed by atoms with Gasteiger partial charge in [0.15, 0.2) is 0 Å². The average Bonchev–Trinajstić information content (AvgIpc) is 2.58. The van der Waals surface area contributed by atoms with Crippen LogP contribution in [0.2, 0.25) is 0 Å². The lowest BCUT2D eigenvalue weighted by atomic mass is 9.91. The van der Waals surface area contributed by atoms with Crippen molar-refractivity contribution in [1.29, 1.82) is 0 Å². The van der Waals surface area contributed by atoms with E-state index in [1.54, 1.807) is 7.11 Å². The van der Waals surface area contributed by atoms with Crippen LogP contribution in [0.1, 0.15) is 44.6 Å². The summed E-state index contributed by atoms with van der Waals surface area (Å²) in [4.78, 5) is 10.8. The van der Waals surface area contributed by atoms with Gasteiger partial charge in [-0.2, -0.15) is 0 Å². The van der Waals surface area contributed by atoms with Gasteiger partial charge in [-0.1, -0.05) is 26.0 Å². The standard InChI is InChI=1S/C19H31NO5/c1-14(2)20-12-17(21)13-25-18-7-4-15(5-8-18)16(10-11-24-3)6-9-19(22)23/h4-5,7-8,14,16-17,20-21H,6,9-13H2,1-3H3,(H,22,23).